The Balaban J connectivity index is 1.60. The average Bonchev–Trinajstić information content (AvgIpc) is 3.30. The fourth-order valence-corrected chi connectivity index (χ4v) is 3.78. The molecule has 0 saturated carbocycles. The highest BCUT2D eigenvalue weighted by molar-refractivity contribution is 6.35. The maximum absolute atomic E-state index is 13.6. The molecule has 10 heteroatoms. The van der Waals surface area contributed by atoms with Gasteiger partial charge >= 0.3 is 0 Å². The SMILES string of the molecule is CN(CCO)C(=O)c1n[nH]c2c1CN(C(=O)c1cc3c(Cl)cc(F)cc3[nH]1)CC2. The largest absolute Gasteiger partial charge is 0.395 e. The van der Waals surface area contributed by atoms with Crippen molar-refractivity contribution in [2.75, 3.05) is 26.7 Å². The molecule has 0 fully saturated rings. The Labute approximate surface area is 170 Å². The van der Waals surface area contributed by atoms with Gasteiger partial charge in [0.25, 0.3) is 11.8 Å². The summed E-state index contributed by atoms with van der Waals surface area (Å²) in [6.07, 6.45) is 0.528. The van der Waals surface area contributed by atoms with Gasteiger partial charge < -0.3 is 19.9 Å². The second-order valence-corrected chi connectivity index (χ2v) is 7.40. The first-order valence-electron chi connectivity index (χ1n) is 9.08. The number of rotatable bonds is 4. The lowest BCUT2D eigenvalue weighted by Crippen LogP contribution is -2.37. The molecule has 29 heavy (non-hydrogen) atoms. The van der Waals surface area contributed by atoms with Gasteiger partial charge in [0, 0.05) is 43.2 Å². The van der Waals surface area contributed by atoms with Gasteiger partial charge in [-0.1, -0.05) is 11.6 Å². The molecule has 0 bridgehead atoms. The Kier molecular flexibility index (Phi) is 5.01. The third kappa shape index (κ3) is 3.47. The van der Waals surface area contributed by atoms with Gasteiger partial charge in [0.15, 0.2) is 5.69 Å². The molecular formula is C19H19ClFN5O3. The van der Waals surface area contributed by atoms with Crippen LogP contribution in [0, 0.1) is 5.82 Å². The molecule has 152 valence electrons. The number of H-pyrrole nitrogens is 2. The van der Waals surface area contributed by atoms with Crippen molar-refractivity contribution in [3.8, 4) is 0 Å². The second kappa shape index (κ2) is 7.49. The van der Waals surface area contributed by atoms with Crippen LogP contribution in [0.1, 0.15) is 32.2 Å². The number of halogens is 2. The van der Waals surface area contributed by atoms with Crippen molar-refractivity contribution >= 4 is 34.3 Å². The summed E-state index contributed by atoms with van der Waals surface area (Å²) in [4.78, 5) is 31.5. The van der Waals surface area contributed by atoms with Gasteiger partial charge in [-0.05, 0) is 18.2 Å². The van der Waals surface area contributed by atoms with Crippen LogP contribution in [0.25, 0.3) is 10.9 Å². The predicted octanol–water partition coefficient (Wildman–Crippen LogP) is 1.95. The minimum absolute atomic E-state index is 0.150. The Bertz CT molecular complexity index is 1110. The lowest BCUT2D eigenvalue weighted by Gasteiger charge is -2.27. The van der Waals surface area contributed by atoms with Crippen LogP contribution in [0.15, 0.2) is 18.2 Å². The number of aliphatic hydroxyl groups is 1. The summed E-state index contributed by atoms with van der Waals surface area (Å²) in [5.74, 6) is -1.08. The number of likely N-dealkylation sites (N-methyl/N-ethyl adjacent to an activating group) is 1. The number of carbonyl (C=O) groups excluding carboxylic acids is 2. The molecule has 1 aliphatic heterocycles. The Morgan fingerprint density at radius 2 is 2.17 bits per heavy atom. The summed E-state index contributed by atoms with van der Waals surface area (Å²) < 4.78 is 13.6. The first kappa shape index (κ1) is 19.4. The molecule has 0 unspecified atom stereocenters. The molecule has 1 aliphatic rings. The summed E-state index contributed by atoms with van der Waals surface area (Å²) in [6.45, 7) is 0.709. The van der Waals surface area contributed by atoms with Crippen molar-refractivity contribution in [1.82, 2.24) is 25.0 Å². The van der Waals surface area contributed by atoms with Crippen molar-refractivity contribution in [3.05, 3.63) is 51.7 Å². The Morgan fingerprint density at radius 3 is 2.93 bits per heavy atom. The van der Waals surface area contributed by atoms with E-state index < -0.39 is 5.82 Å². The van der Waals surface area contributed by atoms with Gasteiger partial charge in [-0.2, -0.15) is 5.10 Å². The van der Waals surface area contributed by atoms with E-state index in [-0.39, 0.29) is 42.2 Å². The third-order valence-corrected chi connectivity index (χ3v) is 5.40. The van der Waals surface area contributed by atoms with Gasteiger partial charge in [-0.15, -0.1) is 0 Å². The molecule has 0 saturated heterocycles. The molecular weight excluding hydrogens is 401 g/mol. The van der Waals surface area contributed by atoms with E-state index in [0.717, 1.165) is 5.69 Å². The van der Waals surface area contributed by atoms with E-state index in [2.05, 4.69) is 15.2 Å². The number of fused-ring (bicyclic) bond motifs is 2. The molecule has 2 amide bonds. The van der Waals surface area contributed by atoms with E-state index in [1.165, 1.54) is 17.0 Å². The molecule has 3 aromatic rings. The number of hydrogen-bond donors (Lipinski definition) is 3. The van der Waals surface area contributed by atoms with E-state index in [0.29, 0.717) is 35.1 Å². The number of amides is 2. The van der Waals surface area contributed by atoms with Crippen LogP contribution in [0.3, 0.4) is 0 Å². The number of nitrogens with zero attached hydrogens (tertiary/aromatic N) is 3. The van der Waals surface area contributed by atoms with Crippen molar-refractivity contribution < 1.29 is 19.1 Å². The zero-order valence-electron chi connectivity index (χ0n) is 15.6. The van der Waals surface area contributed by atoms with Gasteiger partial charge in [-0.25, -0.2) is 4.39 Å². The summed E-state index contributed by atoms with van der Waals surface area (Å²) >= 11 is 6.07. The topological polar surface area (TPSA) is 105 Å². The molecule has 0 radical (unpaired) electrons. The molecule has 4 rings (SSSR count). The molecule has 3 N–H and O–H groups in total. The Morgan fingerprint density at radius 1 is 1.38 bits per heavy atom. The minimum atomic E-state index is -0.487. The molecule has 3 heterocycles. The smallest absolute Gasteiger partial charge is 0.274 e. The van der Waals surface area contributed by atoms with Crippen LogP contribution in [-0.4, -0.2) is 68.6 Å². The van der Waals surface area contributed by atoms with E-state index in [1.54, 1.807) is 18.0 Å². The number of aromatic nitrogens is 3. The van der Waals surface area contributed by atoms with Crippen LogP contribution >= 0.6 is 11.6 Å². The maximum Gasteiger partial charge on any atom is 0.274 e. The number of nitrogens with one attached hydrogen (secondary N) is 2. The molecule has 0 atom stereocenters. The quantitative estimate of drug-likeness (QED) is 0.601. The number of carbonyl (C=O) groups is 2. The molecule has 0 aliphatic carbocycles. The van der Waals surface area contributed by atoms with E-state index in [4.69, 9.17) is 16.7 Å². The lowest BCUT2D eigenvalue weighted by atomic mass is 10.0. The monoisotopic (exact) mass is 419 g/mol. The first-order valence-corrected chi connectivity index (χ1v) is 9.46. The normalized spacial score (nSPS) is 13.6. The zero-order valence-corrected chi connectivity index (χ0v) is 16.4. The van der Waals surface area contributed by atoms with Crippen LogP contribution < -0.4 is 0 Å². The van der Waals surface area contributed by atoms with Crippen LogP contribution in [0.2, 0.25) is 5.02 Å². The van der Waals surface area contributed by atoms with E-state index >= 15 is 0 Å². The first-order chi connectivity index (χ1) is 13.9. The van der Waals surface area contributed by atoms with Crippen molar-refractivity contribution in [2.45, 2.75) is 13.0 Å². The fraction of sp³-hybridized carbons (Fsp3) is 0.316. The van der Waals surface area contributed by atoms with Crippen molar-refractivity contribution in [1.29, 1.82) is 0 Å². The van der Waals surface area contributed by atoms with Gasteiger partial charge in [0.1, 0.15) is 11.5 Å². The van der Waals surface area contributed by atoms with Gasteiger partial charge in [-0.3, -0.25) is 14.7 Å². The lowest BCUT2D eigenvalue weighted by molar-refractivity contribution is 0.0714. The summed E-state index contributed by atoms with van der Waals surface area (Å²) in [7, 11) is 1.58. The maximum atomic E-state index is 13.6. The average molecular weight is 420 g/mol. The minimum Gasteiger partial charge on any atom is -0.395 e. The molecule has 1 aromatic carbocycles. The molecule has 0 spiro atoms. The van der Waals surface area contributed by atoms with Crippen LogP contribution in [0.4, 0.5) is 4.39 Å². The third-order valence-electron chi connectivity index (χ3n) is 5.09. The van der Waals surface area contributed by atoms with Crippen molar-refractivity contribution in [3.63, 3.8) is 0 Å². The predicted molar refractivity (Wildman–Crippen MR) is 104 cm³/mol. The fourth-order valence-electron chi connectivity index (χ4n) is 3.52. The highest BCUT2D eigenvalue weighted by Crippen LogP contribution is 2.28. The second-order valence-electron chi connectivity index (χ2n) is 6.99. The van der Waals surface area contributed by atoms with E-state index in [1.807, 2.05) is 0 Å². The number of benzene rings is 1. The molecule has 8 nitrogen and oxygen atoms in total. The Hall–Kier alpha value is -2.91. The molecule has 2 aromatic heterocycles. The van der Waals surface area contributed by atoms with Gasteiger partial charge in [0.2, 0.25) is 0 Å². The van der Waals surface area contributed by atoms with Crippen LogP contribution in [-0.2, 0) is 13.0 Å². The summed E-state index contributed by atoms with van der Waals surface area (Å²) in [5.41, 5.74) is 2.47. The highest BCUT2D eigenvalue weighted by atomic mass is 35.5. The van der Waals surface area contributed by atoms with Crippen molar-refractivity contribution in [2.24, 2.45) is 0 Å². The number of aliphatic hydroxyl groups excluding tert-OH is 1. The van der Waals surface area contributed by atoms with Crippen LogP contribution in [0.5, 0.6) is 0 Å². The summed E-state index contributed by atoms with van der Waals surface area (Å²) in [6, 6.07) is 4.09. The highest BCUT2D eigenvalue weighted by Gasteiger charge is 2.30. The number of hydrogen-bond acceptors (Lipinski definition) is 4. The number of aromatic amines is 2. The summed E-state index contributed by atoms with van der Waals surface area (Å²) in [5, 5.41) is 16.8. The van der Waals surface area contributed by atoms with Gasteiger partial charge in [0.05, 0.1) is 23.7 Å². The standard InChI is InChI=1S/C19H19ClFN5O3/c1-25(4-5-27)19(29)17-12-9-26(3-2-14(12)23-24-17)18(28)16-8-11-13(20)6-10(21)7-15(11)22-16/h6-8,22,27H,2-5,9H2,1H3,(H,23,24). The van der Waals surface area contributed by atoms with E-state index in [9.17, 15) is 14.0 Å². The zero-order chi connectivity index (χ0) is 20.7.